The van der Waals surface area contributed by atoms with Crippen LogP contribution < -0.4 is 0 Å². The highest BCUT2D eigenvalue weighted by molar-refractivity contribution is 5.91. The normalized spacial score (nSPS) is 38.2. The molecule has 3 heterocycles. The molecular formula is C38H47NO18. The fraction of sp³-hybridized carbons (Fsp3) is 0.658. The number of fused-ring (bicyclic) bond motifs is 5. The Kier molecular flexibility index (Phi) is 11.5. The second-order valence-corrected chi connectivity index (χ2v) is 15.4. The largest absolute Gasteiger partial charge is 0.465 e. The van der Waals surface area contributed by atoms with Crippen LogP contribution in [0.2, 0.25) is 0 Å². The average molecular weight is 806 g/mol. The van der Waals surface area contributed by atoms with Gasteiger partial charge in [-0.05, 0) is 31.4 Å². The van der Waals surface area contributed by atoms with E-state index in [1.807, 2.05) is 0 Å². The van der Waals surface area contributed by atoms with Crippen LogP contribution in [0.3, 0.4) is 0 Å². The Balaban J connectivity index is 2.01. The Hall–Kier alpha value is -5.17. The summed E-state index contributed by atoms with van der Waals surface area (Å²) in [5.41, 5.74) is -9.91. The number of esters is 8. The van der Waals surface area contributed by atoms with Gasteiger partial charge in [0.25, 0.3) is 0 Å². The molecule has 2 aliphatic carbocycles. The van der Waals surface area contributed by atoms with Crippen LogP contribution >= 0.6 is 0 Å². The third-order valence-electron chi connectivity index (χ3n) is 11.5. The highest BCUT2D eigenvalue weighted by atomic mass is 16.7. The van der Waals surface area contributed by atoms with Gasteiger partial charge in [0.2, 0.25) is 0 Å². The monoisotopic (exact) mass is 805 g/mol. The van der Waals surface area contributed by atoms with Gasteiger partial charge in [0, 0.05) is 53.9 Å². The van der Waals surface area contributed by atoms with Crippen LogP contribution in [0.25, 0.3) is 0 Å². The molecule has 4 bridgehead atoms. The smallest absolute Gasteiger partial charge is 0.340 e. The summed E-state index contributed by atoms with van der Waals surface area (Å²) in [6, 6.07) is 1.50. The first-order valence-corrected chi connectivity index (χ1v) is 18.2. The molecule has 57 heavy (non-hydrogen) atoms. The molecule has 1 aromatic heterocycles. The lowest BCUT2D eigenvalue weighted by Crippen LogP contribution is -2.89. The molecule has 1 spiro atoms. The molecule has 0 radical (unpaired) electrons. The molecule has 2 aliphatic heterocycles. The first-order chi connectivity index (χ1) is 26.5. The number of cyclic esters (lactones) is 1. The molecule has 3 fully saturated rings. The Morgan fingerprint density at radius 2 is 1.30 bits per heavy atom. The summed E-state index contributed by atoms with van der Waals surface area (Å²) in [7, 11) is 0. The molecule has 0 amide bonds. The number of carbonyl (C=O) groups excluding carboxylic acids is 8. The van der Waals surface area contributed by atoms with E-state index in [1.54, 1.807) is 6.92 Å². The number of rotatable bonds is 7. The highest BCUT2D eigenvalue weighted by Gasteiger charge is 2.92. The van der Waals surface area contributed by atoms with Gasteiger partial charge in [-0.15, -0.1) is 0 Å². The summed E-state index contributed by atoms with van der Waals surface area (Å²) >= 11 is 0. The Bertz CT molecular complexity index is 1860. The first-order valence-electron chi connectivity index (χ1n) is 18.2. The molecule has 2 saturated carbocycles. The Morgan fingerprint density at radius 3 is 1.84 bits per heavy atom. The van der Waals surface area contributed by atoms with Crippen molar-refractivity contribution < 1.29 is 86.1 Å². The SMILES string of the molecule is CC(=O)OC[C@]12[C@H](OC(C)=O)[C@H](OC(C)=O)C3[C@@H](OC(C)=O)[C@@]14OC3(C)COC(=O)c1cnccc1C(C)C(C)C(=O)O[C@@H]([C@H](OC(C)=O)[C@@H]2OC(C)=O)[C@]4(C)O. The van der Waals surface area contributed by atoms with Crippen LogP contribution in [-0.2, 0) is 76.2 Å². The summed E-state index contributed by atoms with van der Waals surface area (Å²) < 4.78 is 54.3. The molecule has 1 N–H and O–H groups in total. The molecule has 0 aromatic carbocycles. The molecule has 19 heteroatoms. The zero-order valence-corrected chi connectivity index (χ0v) is 33.2. The van der Waals surface area contributed by atoms with E-state index < -0.39 is 138 Å². The molecule has 1 aromatic rings. The maximum absolute atomic E-state index is 14.4. The van der Waals surface area contributed by atoms with Crippen LogP contribution in [-0.4, -0.2) is 124 Å². The molecule has 19 nitrogen and oxygen atoms in total. The quantitative estimate of drug-likeness (QED) is 0.298. The maximum atomic E-state index is 14.4. The molecule has 5 rings (SSSR count). The highest BCUT2D eigenvalue weighted by Crippen LogP contribution is 2.70. The van der Waals surface area contributed by atoms with Gasteiger partial charge in [0.05, 0.1) is 17.4 Å². The molecule has 312 valence electrons. The van der Waals surface area contributed by atoms with E-state index in [9.17, 15) is 43.5 Å². The predicted octanol–water partition coefficient (Wildman–Crippen LogP) is 1.03. The van der Waals surface area contributed by atoms with Crippen molar-refractivity contribution in [3.8, 4) is 0 Å². The summed E-state index contributed by atoms with van der Waals surface area (Å²) in [4.78, 5) is 111. The zero-order chi connectivity index (χ0) is 42.6. The number of hydrogen-bond acceptors (Lipinski definition) is 19. The van der Waals surface area contributed by atoms with Gasteiger partial charge in [0.15, 0.2) is 30.0 Å². The second kappa shape index (κ2) is 15.3. The molecule has 4 aliphatic rings. The van der Waals surface area contributed by atoms with Crippen LogP contribution in [0, 0.1) is 17.3 Å². The van der Waals surface area contributed by atoms with Crippen molar-refractivity contribution in [2.24, 2.45) is 17.3 Å². The summed E-state index contributed by atoms with van der Waals surface area (Å²) in [5, 5.41) is 13.4. The maximum Gasteiger partial charge on any atom is 0.340 e. The van der Waals surface area contributed by atoms with Crippen molar-refractivity contribution in [3.05, 3.63) is 29.6 Å². The lowest BCUT2D eigenvalue weighted by molar-refractivity contribution is -0.387. The number of ether oxygens (including phenoxy) is 9. The van der Waals surface area contributed by atoms with Gasteiger partial charge >= 0.3 is 47.8 Å². The van der Waals surface area contributed by atoms with E-state index in [0.29, 0.717) is 5.56 Å². The van der Waals surface area contributed by atoms with Crippen LogP contribution in [0.15, 0.2) is 18.5 Å². The fourth-order valence-corrected chi connectivity index (χ4v) is 9.30. The van der Waals surface area contributed by atoms with E-state index in [-0.39, 0.29) is 5.56 Å². The third-order valence-corrected chi connectivity index (χ3v) is 11.5. The minimum atomic E-state index is -2.81. The van der Waals surface area contributed by atoms with Gasteiger partial charge in [0.1, 0.15) is 42.0 Å². The van der Waals surface area contributed by atoms with Crippen molar-refractivity contribution in [2.75, 3.05) is 13.2 Å². The van der Waals surface area contributed by atoms with Gasteiger partial charge in [-0.25, -0.2) is 4.79 Å². The van der Waals surface area contributed by atoms with Crippen molar-refractivity contribution in [1.82, 2.24) is 4.98 Å². The number of nitrogens with zero attached hydrogens (tertiary/aromatic N) is 1. The minimum Gasteiger partial charge on any atom is -0.465 e. The van der Waals surface area contributed by atoms with E-state index >= 15 is 0 Å². The van der Waals surface area contributed by atoms with Gasteiger partial charge in [-0.2, -0.15) is 0 Å². The Morgan fingerprint density at radius 1 is 0.772 bits per heavy atom. The van der Waals surface area contributed by atoms with Gasteiger partial charge in [-0.1, -0.05) is 13.8 Å². The van der Waals surface area contributed by atoms with Crippen LogP contribution in [0.1, 0.15) is 91.1 Å². The second-order valence-electron chi connectivity index (χ2n) is 15.4. The summed E-state index contributed by atoms with van der Waals surface area (Å²) in [6.45, 7) is 9.73. The van der Waals surface area contributed by atoms with Crippen LogP contribution in [0.4, 0.5) is 0 Å². The number of aromatic nitrogens is 1. The van der Waals surface area contributed by atoms with Crippen molar-refractivity contribution in [3.63, 3.8) is 0 Å². The zero-order valence-electron chi connectivity index (χ0n) is 33.2. The number of pyridine rings is 1. The summed E-state index contributed by atoms with van der Waals surface area (Å²) in [6.07, 6.45) is -9.28. The van der Waals surface area contributed by atoms with Crippen molar-refractivity contribution in [2.45, 2.75) is 129 Å². The Labute approximate surface area is 327 Å². The van der Waals surface area contributed by atoms with Crippen molar-refractivity contribution in [1.29, 1.82) is 0 Å². The number of aliphatic hydroxyl groups is 1. The fourth-order valence-electron chi connectivity index (χ4n) is 9.30. The lowest BCUT2D eigenvalue weighted by Gasteiger charge is -2.67. The van der Waals surface area contributed by atoms with E-state index in [4.69, 9.17) is 42.6 Å². The topological polar surface area (TPSA) is 253 Å². The standard InChI is InChI=1S/C38H47NO18/c1-16-17(2)33(46)56-30-28(52-20(5)42)32(55-23(8)45)37(15-49-18(3)40)31(54-22(7)44)27(51-19(4)41)26-29(53-21(6)43)38(37,36(30,10)48)57-35(26,9)14-50-34(47)25-13-39-12-11-24(16)25/h11-13,16-17,26-32,48H,14-15H2,1-10H3/t16?,17?,26?,27-,28+,29-,30+,31-,32+,35?,36+,37-,38+/m1/s1. The minimum absolute atomic E-state index is 0.0422. The van der Waals surface area contributed by atoms with Gasteiger partial charge in [-0.3, -0.25) is 38.5 Å². The van der Waals surface area contributed by atoms with Gasteiger partial charge < -0.3 is 47.7 Å². The number of hydrogen-bond donors (Lipinski definition) is 1. The molecule has 13 atom stereocenters. The third kappa shape index (κ3) is 6.97. The molecular weight excluding hydrogens is 758 g/mol. The van der Waals surface area contributed by atoms with Crippen LogP contribution in [0.5, 0.6) is 0 Å². The molecule has 1 saturated heterocycles. The van der Waals surface area contributed by atoms with Crippen molar-refractivity contribution >= 4 is 47.8 Å². The summed E-state index contributed by atoms with van der Waals surface area (Å²) in [5.74, 6) is -11.5. The van der Waals surface area contributed by atoms with E-state index in [2.05, 4.69) is 4.98 Å². The average Bonchev–Trinajstić information content (AvgIpc) is 3.32. The number of carbonyl (C=O) groups is 8. The van der Waals surface area contributed by atoms with E-state index in [1.165, 1.54) is 32.3 Å². The predicted molar refractivity (Wildman–Crippen MR) is 185 cm³/mol. The van der Waals surface area contributed by atoms with E-state index in [0.717, 1.165) is 48.5 Å². The first kappa shape index (κ1) is 43.0. The molecule has 4 unspecified atom stereocenters. The lowest BCUT2D eigenvalue weighted by atomic mass is 9.45.